The summed E-state index contributed by atoms with van der Waals surface area (Å²) < 4.78 is 0. The average Bonchev–Trinajstić information content (AvgIpc) is 2.04. The molecule has 0 amide bonds. The quantitative estimate of drug-likeness (QED) is 0.691. The number of hydrogen-bond donors (Lipinski definition) is 1. The third-order valence-corrected chi connectivity index (χ3v) is 2.92. The van der Waals surface area contributed by atoms with Crippen LogP contribution in [0.4, 0.5) is 0 Å². The van der Waals surface area contributed by atoms with Gasteiger partial charge in [0.25, 0.3) is 0 Å². The van der Waals surface area contributed by atoms with E-state index in [0.29, 0.717) is 24.2 Å². The van der Waals surface area contributed by atoms with Crippen molar-refractivity contribution < 1.29 is 9.90 Å². The Morgan fingerprint density at radius 3 is 1.92 bits per heavy atom. The molecule has 1 atom stereocenters. The van der Waals surface area contributed by atoms with Crippen molar-refractivity contribution in [2.75, 3.05) is 0 Å². The summed E-state index contributed by atoms with van der Waals surface area (Å²) in [5.41, 5.74) is 0. The van der Waals surface area contributed by atoms with E-state index in [4.69, 9.17) is 5.11 Å². The fraction of sp³-hybridized carbons (Fsp3) is 0.909. The van der Waals surface area contributed by atoms with Crippen LogP contribution in [-0.4, -0.2) is 11.1 Å². The van der Waals surface area contributed by atoms with E-state index in [1.807, 2.05) is 0 Å². The van der Waals surface area contributed by atoms with Crippen LogP contribution in [0.1, 0.15) is 47.0 Å². The number of carboxylic acid groups (broad SMARTS) is 1. The third kappa shape index (κ3) is 4.30. The van der Waals surface area contributed by atoms with Crippen LogP contribution in [0.25, 0.3) is 0 Å². The number of hydrogen-bond acceptors (Lipinski definition) is 1. The molecule has 0 heterocycles. The van der Waals surface area contributed by atoms with Crippen LogP contribution >= 0.6 is 0 Å². The second-order valence-electron chi connectivity index (χ2n) is 4.08. The standard InChI is InChI=1S/C11H22O2/c1-5-9(6-2)10(8(3)4)7-11(12)13/h8-10H,5-7H2,1-4H3,(H,12,13). The Hall–Kier alpha value is -0.530. The lowest BCUT2D eigenvalue weighted by atomic mass is 9.78. The molecule has 0 radical (unpaired) electrons. The first-order valence-electron chi connectivity index (χ1n) is 5.24. The third-order valence-electron chi connectivity index (χ3n) is 2.92. The molecular formula is C11H22O2. The van der Waals surface area contributed by atoms with Crippen LogP contribution in [0.2, 0.25) is 0 Å². The van der Waals surface area contributed by atoms with Gasteiger partial charge in [0.15, 0.2) is 0 Å². The molecule has 0 aliphatic rings. The van der Waals surface area contributed by atoms with Gasteiger partial charge in [0.1, 0.15) is 0 Å². The van der Waals surface area contributed by atoms with Crippen LogP contribution in [0, 0.1) is 17.8 Å². The molecule has 0 fully saturated rings. The van der Waals surface area contributed by atoms with Crippen LogP contribution in [-0.2, 0) is 4.79 Å². The maximum atomic E-state index is 10.7. The summed E-state index contributed by atoms with van der Waals surface area (Å²) in [6.07, 6.45) is 2.50. The van der Waals surface area contributed by atoms with E-state index < -0.39 is 5.97 Å². The highest BCUT2D eigenvalue weighted by Gasteiger charge is 2.23. The minimum atomic E-state index is -0.661. The van der Waals surface area contributed by atoms with E-state index in [1.54, 1.807) is 0 Å². The van der Waals surface area contributed by atoms with Crippen molar-refractivity contribution in [3.8, 4) is 0 Å². The lowest BCUT2D eigenvalue weighted by molar-refractivity contribution is -0.139. The molecule has 78 valence electrons. The molecule has 2 nitrogen and oxygen atoms in total. The number of aliphatic carboxylic acids is 1. The number of carbonyl (C=O) groups is 1. The minimum absolute atomic E-state index is 0.323. The Bertz CT molecular complexity index is 148. The van der Waals surface area contributed by atoms with Gasteiger partial charge in [0.05, 0.1) is 0 Å². The van der Waals surface area contributed by atoms with Crippen LogP contribution in [0.3, 0.4) is 0 Å². The van der Waals surface area contributed by atoms with Gasteiger partial charge in [-0.15, -0.1) is 0 Å². The Morgan fingerprint density at radius 1 is 1.23 bits per heavy atom. The zero-order valence-electron chi connectivity index (χ0n) is 9.21. The van der Waals surface area contributed by atoms with Gasteiger partial charge in [0, 0.05) is 6.42 Å². The van der Waals surface area contributed by atoms with Gasteiger partial charge in [0.2, 0.25) is 0 Å². The van der Waals surface area contributed by atoms with Crippen molar-refractivity contribution in [3.05, 3.63) is 0 Å². The first-order chi connectivity index (χ1) is 6.02. The molecule has 0 aromatic carbocycles. The van der Waals surface area contributed by atoms with Crippen molar-refractivity contribution in [1.29, 1.82) is 0 Å². The Labute approximate surface area is 81.3 Å². The summed E-state index contributed by atoms with van der Waals surface area (Å²) >= 11 is 0. The van der Waals surface area contributed by atoms with Gasteiger partial charge in [-0.25, -0.2) is 0 Å². The summed E-state index contributed by atoms with van der Waals surface area (Å²) in [6, 6.07) is 0. The Morgan fingerprint density at radius 2 is 1.69 bits per heavy atom. The van der Waals surface area contributed by atoms with Gasteiger partial charge >= 0.3 is 5.97 Å². The fourth-order valence-corrected chi connectivity index (χ4v) is 2.04. The topological polar surface area (TPSA) is 37.3 Å². The summed E-state index contributed by atoms with van der Waals surface area (Å²) in [7, 11) is 0. The molecule has 0 saturated heterocycles. The number of carboxylic acids is 1. The fourth-order valence-electron chi connectivity index (χ4n) is 2.04. The van der Waals surface area contributed by atoms with E-state index in [9.17, 15) is 4.79 Å². The molecule has 0 bridgehead atoms. The normalized spacial score (nSPS) is 13.7. The van der Waals surface area contributed by atoms with Crippen LogP contribution < -0.4 is 0 Å². The van der Waals surface area contributed by atoms with Gasteiger partial charge in [-0.3, -0.25) is 4.79 Å². The monoisotopic (exact) mass is 186 g/mol. The molecule has 1 unspecified atom stereocenters. The molecule has 2 heteroatoms. The van der Waals surface area contributed by atoms with Crippen molar-refractivity contribution in [2.45, 2.75) is 47.0 Å². The molecular weight excluding hydrogens is 164 g/mol. The highest BCUT2D eigenvalue weighted by molar-refractivity contribution is 5.67. The zero-order valence-corrected chi connectivity index (χ0v) is 9.21. The average molecular weight is 186 g/mol. The van der Waals surface area contributed by atoms with Crippen molar-refractivity contribution >= 4 is 5.97 Å². The minimum Gasteiger partial charge on any atom is -0.481 e. The van der Waals surface area contributed by atoms with E-state index >= 15 is 0 Å². The van der Waals surface area contributed by atoms with Crippen LogP contribution in [0.5, 0.6) is 0 Å². The Balaban J connectivity index is 4.29. The molecule has 0 spiro atoms. The molecule has 0 aromatic rings. The Kier molecular flexibility index (Phi) is 5.76. The lowest BCUT2D eigenvalue weighted by Crippen LogP contribution is -2.22. The maximum absolute atomic E-state index is 10.7. The molecule has 0 saturated carbocycles. The predicted molar refractivity (Wildman–Crippen MR) is 54.7 cm³/mol. The predicted octanol–water partition coefficient (Wildman–Crippen LogP) is 3.17. The van der Waals surface area contributed by atoms with Gasteiger partial charge in [-0.1, -0.05) is 40.5 Å². The molecule has 0 rings (SSSR count). The van der Waals surface area contributed by atoms with Gasteiger partial charge in [-0.05, 0) is 17.8 Å². The van der Waals surface area contributed by atoms with Crippen molar-refractivity contribution in [1.82, 2.24) is 0 Å². The van der Waals surface area contributed by atoms with Crippen LogP contribution in [0.15, 0.2) is 0 Å². The second-order valence-corrected chi connectivity index (χ2v) is 4.08. The lowest BCUT2D eigenvalue weighted by Gasteiger charge is -2.27. The molecule has 0 aromatic heterocycles. The zero-order chi connectivity index (χ0) is 10.4. The number of rotatable bonds is 6. The largest absolute Gasteiger partial charge is 0.481 e. The van der Waals surface area contributed by atoms with Gasteiger partial charge < -0.3 is 5.11 Å². The van der Waals surface area contributed by atoms with Crippen molar-refractivity contribution in [2.24, 2.45) is 17.8 Å². The summed E-state index contributed by atoms with van der Waals surface area (Å²) in [5.74, 6) is 0.718. The first kappa shape index (κ1) is 12.5. The summed E-state index contributed by atoms with van der Waals surface area (Å²) in [4.78, 5) is 10.7. The highest BCUT2D eigenvalue weighted by Crippen LogP contribution is 2.29. The highest BCUT2D eigenvalue weighted by atomic mass is 16.4. The van der Waals surface area contributed by atoms with Crippen molar-refractivity contribution in [3.63, 3.8) is 0 Å². The van der Waals surface area contributed by atoms with E-state index in [2.05, 4.69) is 27.7 Å². The van der Waals surface area contributed by atoms with Gasteiger partial charge in [-0.2, -0.15) is 0 Å². The van der Waals surface area contributed by atoms with E-state index in [1.165, 1.54) is 0 Å². The molecule has 1 N–H and O–H groups in total. The first-order valence-corrected chi connectivity index (χ1v) is 5.24. The molecule has 13 heavy (non-hydrogen) atoms. The van der Waals surface area contributed by atoms with E-state index in [-0.39, 0.29) is 0 Å². The smallest absolute Gasteiger partial charge is 0.303 e. The summed E-state index contributed by atoms with van der Waals surface area (Å²) in [5, 5.41) is 8.77. The molecule has 0 aliphatic heterocycles. The summed E-state index contributed by atoms with van der Waals surface area (Å²) in [6.45, 7) is 8.52. The maximum Gasteiger partial charge on any atom is 0.303 e. The SMILES string of the molecule is CCC(CC)C(CC(=O)O)C(C)C. The second kappa shape index (κ2) is 6.01. The van der Waals surface area contributed by atoms with E-state index in [0.717, 1.165) is 12.8 Å². The molecule has 0 aliphatic carbocycles.